The number of sulfone groups is 1. The van der Waals surface area contributed by atoms with Gasteiger partial charge in [0.2, 0.25) is 0 Å². The summed E-state index contributed by atoms with van der Waals surface area (Å²) in [4.78, 5) is 5.91. The number of hydrogen-bond donors (Lipinski definition) is 0. The molecule has 0 aliphatic carbocycles. The SMILES string of the molecule is CC1CC(C)CN(c2cc(C(F)(F)F)nn2-c2ccc(S(C)(=O)=O)cn2)C1. The van der Waals surface area contributed by atoms with Crippen LogP contribution >= 0.6 is 0 Å². The van der Waals surface area contributed by atoms with Crippen LogP contribution in [0.4, 0.5) is 19.0 Å². The van der Waals surface area contributed by atoms with E-state index in [1.807, 2.05) is 4.90 Å². The first-order valence-electron chi connectivity index (χ1n) is 8.54. The fraction of sp³-hybridized carbons (Fsp3) is 0.529. The first-order valence-corrected chi connectivity index (χ1v) is 10.4. The molecular formula is C17H21F3N4O2S. The zero-order valence-electron chi connectivity index (χ0n) is 15.2. The van der Waals surface area contributed by atoms with Crippen LogP contribution in [0, 0.1) is 11.8 Å². The van der Waals surface area contributed by atoms with Crippen LogP contribution in [0.2, 0.25) is 0 Å². The van der Waals surface area contributed by atoms with Crippen molar-refractivity contribution < 1.29 is 21.6 Å². The number of alkyl halides is 3. The molecule has 0 spiro atoms. The smallest absolute Gasteiger partial charge is 0.356 e. The summed E-state index contributed by atoms with van der Waals surface area (Å²) in [6.07, 6.45) is -1.40. The van der Waals surface area contributed by atoms with E-state index in [0.717, 1.165) is 29.6 Å². The van der Waals surface area contributed by atoms with Gasteiger partial charge in [0.1, 0.15) is 5.82 Å². The molecule has 0 N–H and O–H groups in total. The quantitative estimate of drug-likeness (QED) is 0.789. The normalized spacial score (nSPS) is 21.5. The zero-order chi connectivity index (χ0) is 20.0. The van der Waals surface area contributed by atoms with Crippen LogP contribution < -0.4 is 4.90 Å². The molecule has 2 atom stereocenters. The third-order valence-corrected chi connectivity index (χ3v) is 5.64. The highest BCUT2D eigenvalue weighted by Gasteiger charge is 2.37. The highest BCUT2D eigenvalue weighted by Crippen LogP contribution is 2.34. The lowest BCUT2D eigenvalue weighted by Crippen LogP contribution is -2.39. The molecule has 0 bridgehead atoms. The fourth-order valence-electron chi connectivity index (χ4n) is 3.47. The van der Waals surface area contributed by atoms with Gasteiger partial charge in [-0.3, -0.25) is 0 Å². The summed E-state index contributed by atoms with van der Waals surface area (Å²) in [5.74, 6) is 1.12. The molecule has 6 nitrogen and oxygen atoms in total. The fourth-order valence-corrected chi connectivity index (χ4v) is 4.03. The second-order valence-electron chi connectivity index (χ2n) is 7.27. The lowest BCUT2D eigenvalue weighted by Gasteiger charge is -2.36. The lowest BCUT2D eigenvalue weighted by atomic mass is 9.92. The molecule has 10 heteroatoms. The molecule has 2 aromatic rings. The number of hydrogen-bond acceptors (Lipinski definition) is 5. The molecule has 0 radical (unpaired) electrons. The molecule has 1 aliphatic heterocycles. The standard InChI is InChI=1S/C17H21F3N4O2S/c1-11-6-12(2)10-23(9-11)16-7-14(17(18,19)20)22-24(16)15-5-4-13(8-21-15)27(3,25)26/h4-5,7-8,11-12H,6,9-10H2,1-3H3. The van der Waals surface area contributed by atoms with Crippen LogP contribution in [0.3, 0.4) is 0 Å². The summed E-state index contributed by atoms with van der Waals surface area (Å²) in [5, 5.41) is 3.71. The molecule has 148 valence electrons. The first-order chi connectivity index (χ1) is 12.4. The molecule has 3 rings (SSSR count). The molecule has 0 saturated carbocycles. The Bertz CT molecular complexity index is 913. The Labute approximate surface area is 155 Å². The van der Waals surface area contributed by atoms with Crippen LogP contribution in [-0.2, 0) is 16.0 Å². The summed E-state index contributed by atoms with van der Waals surface area (Å²) in [6.45, 7) is 5.36. The highest BCUT2D eigenvalue weighted by atomic mass is 32.2. The maximum atomic E-state index is 13.2. The van der Waals surface area contributed by atoms with Gasteiger partial charge in [0.25, 0.3) is 0 Å². The van der Waals surface area contributed by atoms with Crippen molar-refractivity contribution in [3.63, 3.8) is 0 Å². The van der Waals surface area contributed by atoms with Gasteiger partial charge in [-0.2, -0.15) is 23.0 Å². The minimum atomic E-state index is -4.58. The van der Waals surface area contributed by atoms with Crippen molar-refractivity contribution in [3.8, 4) is 5.82 Å². The Hall–Kier alpha value is -2.10. The number of aromatic nitrogens is 3. The van der Waals surface area contributed by atoms with Crippen molar-refractivity contribution in [3.05, 3.63) is 30.1 Å². The molecule has 27 heavy (non-hydrogen) atoms. The molecule has 0 aromatic carbocycles. The van der Waals surface area contributed by atoms with Crippen molar-refractivity contribution in [1.82, 2.24) is 14.8 Å². The molecule has 1 saturated heterocycles. The van der Waals surface area contributed by atoms with Gasteiger partial charge in [0.05, 0.1) is 4.90 Å². The predicted octanol–water partition coefficient (Wildman–Crippen LogP) is 3.17. The third kappa shape index (κ3) is 4.26. The van der Waals surface area contributed by atoms with E-state index in [0.29, 0.717) is 30.7 Å². The summed E-state index contributed by atoms with van der Waals surface area (Å²) >= 11 is 0. The summed E-state index contributed by atoms with van der Waals surface area (Å²) in [7, 11) is -3.45. The number of anilines is 1. The average molecular weight is 402 g/mol. The molecule has 2 aromatic heterocycles. The van der Waals surface area contributed by atoms with E-state index in [9.17, 15) is 21.6 Å². The van der Waals surface area contributed by atoms with Crippen molar-refractivity contribution in [2.24, 2.45) is 11.8 Å². The molecular weight excluding hydrogens is 381 g/mol. The van der Waals surface area contributed by atoms with E-state index in [-0.39, 0.29) is 10.7 Å². The van der Waals surface area contributed by atoms with E-state index >= 15 is 0 Å². The number of piperidine rings is 1. The van der Waals surface area contributed by atoms with E-state index in [2.05, 4.69) is 23.9 Å². The third-order valence-electron chi connectivity index (χ3n) is 4.54. The number of nitrogens with zero attached hydrogens (tertiary/aromatic N) is 4. The van der Waals surface area contributed by atoms with Gasteiger partial charge in [0, 0.05) is 31.6 Å². The molecule has 0 amide bonds. The zero-order valence-corrected chi connectivity index (χ0v) is 16.0. The molecule has 1 fully saturated rings. The van der Waals surface area contributed by atoms with Crippen LogP contribution in [0.5, 0.6) is 0 Å². The van der Waals surface area contributed by atoms with Gasteiger partial charge in [-0.25, -0.2) is 13.4 Å². The maximum absolute atomic E-state index is 13.2. The van der Waals surface area contributed by atoms with Crippen LogP contribution in [0.15, 0.2) is 29.3 Å². The highest BCUT2D eigenvalue weighted by molar-refractivity contribution is 7.90. The summed E-state index contributed by atoms with van der Waals surface area (Å²) < 4.78 is 64.0. The first kappa shape index (κ1) is 19.7. The van der Waals surface area contributed by atoms with Gasteiger partial charge in [-0.05, 0) is 30.4 Å². The molecule has 1 aliphatic rings. The van der Waals surface area contributed by atoms with Crippen molar-refractivity contribution in [2.45, 2.75) is 31.3 Å². The summed E-state index contributed by atoms with van der Waals surface area (Å²) in [6, 6.07) is 3.71. The second kappa shape index (κ2) is 6.81. The second-order valence-corrected chi connectivity index (χ2v) is 9.29. The largest absolute Gasteiger partial charge is 0.435 e. The van der Waals surface area contributed by atoms with Crippen LogP contribution in [0.25, 0.3) is 5.82 Å². The van der Waals surface area contributed by atoms with Gasteiger partial charge in [0.15, 0.2) is 21.3 Å². The monoisotopic (exact) mass is 402 g/mol. The summed E-state index contributed by atoms with van der Waals surface area (Å²) in [5.41, 5.74) is -1.00. The van der Waals surface area contributed by atoms with Crippen molar-refractivity contribution in [2.75, 3.05) is 24.2 Å². The topological polar surface area (TPSA) is 68.1 Å². The Morgan fingerprint density at radius 2 is 1.78 bits per heavy atom. The van der Waals surface area contributed by atoms with Gasteiger partial charge >= 0.3 is 6.18 Å². The van der Waals surface area contributed by atoms with Crippen molar-refractivity contribution >= 4 is 15.7 Å². The van der Waals surface area contributed by atoms with E-state index in [4.69, 9.17) is 0 Å². The Balaban J connectivity index is 2.07. The maximum Gasteiger partial charge on any atom is 0.435 e. The minimum absolute atomic E-state index is 0.00350. The predicted molar refractivity (Wildman–Crippen MR) is 94.6 cm³/mol. The Morgan fingerprint density at radius 3 is 2.26 bits per heavy atom. The van der Waals surface area contributed by atoms with E-state index in [1.54, 1.807) is 0 Å². The van der Waals surface area contributed by atoms with E-state index < -0.39 is 21.7 Å². The molecule has 2 unspecified atom stereocenters. The Kier molecular flexibility index (Phi) is 4.96. The van der Waals surface area contributed by atoms with Crippen molar-refractivity contribution in [1.29, 1.82) is 0 Å². The van der Waals surface area contributed by atoms with Crippen LogP contribution in [-0.4, -0.2) is 42.5 Å². The number of halogens is 3. The lowest BCUT2D eigenvalue weighted by molar-refractivity contribution is -0.141. The number of pyridine rings is 1. The minimum Gasteiger partial charge on any atom is -0.356 e. The van der Waals surface area contributed by atoms with Gasteiger partial charge in [-0.15, -0.1) is 0 Å². The van der Waals surface area contributed by atoms with E-state index in [1.165, 1.54) is 12.1 Å². The van der Waals surface area contributed by atoms with Gasteiger partial charge < -0.3 is 4.90 Å². The Morgan fingerprint density at radius 1 is 1.15 bits per heavy atom. The molecule has 3 heterocycles. The van der Waals surface area contributed by atoms with Crippen LogP contribution in [0.1, 0.15) is 26.0 Å². The average Bonchev–Trinajstić information content (AvgIpc) is 2.99. The van der Waals surface area contributed by atoms with Gasteiger partial charge in [-0.1, -0.05) is 13.8 Å². The number of rotatable bonds is 3.